The van der Waals surface area contributed by atoms with E-state index >= 15 is 0 Å². The van der Waals surface area contributed by atoms with Gasteiger partial charge in [0, 0.05) is 5.39 Å². The lowest BCUT2D eigenvalue weighted by Gasteiger charge is -2.08. The average molecular weight is 438 g/mol. The summed E-state index contributed by atoms with van der Waals surface area (Å²) in [6, 6.07) is 27.5. The van der Waals surface area contributed by atoms with Gasteiger partial charge in [0.1, 0.15) is 11.5 Å². The largest absolute Gasteiger partial charge is 0.483 e. The lowest BCUT2D eigenvalue weighted by molar-refractivity contribution is -0.123. The van der Waals surface area contributed by atoms with E-state index in [1.165, 1.54) is 6.21 Å². The van der Waals surface area contributed by atoms with Crippen molar-refractivity contribution in [2.75, 3.05) is 6.61 Å². The number of aryl methyl sites for hydroxylation is 1. The molecular weight excluding hydrogens is 416 g/mol. The van der Waals surface area contributed by atoms with Crippen LogP contribution in [0.4, 0.5) is 0 Å². The molecular formula is C27H22N2O4. The Labute approximate surface area is 191 Å². The Morgan fingerprint density at radius 2 is 1.67 bits per heavy atom. The first-order chi connectivity index (χ1) is 16.1. The fraction of sp³-hybridized carbons (Fsp3) is 0.0741. The zero-order valence-corrected chi connectivity index (χ0v) is 18.0. The fourth-order valence-electron chi connectivity index (χ4n) is 3.24. The molecule has 4 aromatic carbocycles. The number of carbonyl (C=O) groups is 2. The van der Waals surface area contributed by atoms with Crippen LogP contribution < -0.4 is 14.9 Å². The van der Waals surface area contributed by atoms with Gasteiger partial charge >= 0.3 is 5.97 Å². The highest BCUT2D eigenvalue weighted by Crippen LogP contribution is 2.24. The molecule has 1 N–H and O–H groups in total. The van der Waals surface area contributed by atoms with Crippen LogP contribution in [0, 0.1) is 6.92 Å². The van der Waals surface area contributed by atoms with Gasteiger partial charge in [0.2, 0.25) is 0 Å². The molecule has 6 heteroatoms. The zero-order chi connectivity index (χ0) is 23.0. The van der Waals surface area contributed by atoms with Crippen LogP contribution in [0.5, 0.6) is 11.5 Å². The first-order valence-electron chi connectivity index (χ1n) is 10.4. The van der Waals surface area contributed by atoms with Crippen LogP contribution in [0.3, 0.4) is 0 Å². The van der Waals surface area contributed by atoms with Gasteiger partial charge in [0.25, 0.3) is 5.91 Å². The van der Waals surface area contributed by atoms with Crippen LogP contribution in [0.25, 0.3) is 10.8 Å². The Morgan fingerprint density at radius 1 is 0.909 bits per heavy atom. The van der Waals surface area contributed by atoms with Crippen LogP contribution in [-0.2, 0) is 4.79 Å². The highest BCUT2D eigenvalue weighted by atomic mass is 16.5. The second-order valence-corrected chi connectivity index (χ2v) is 7.39. The highest BCUT2D eigenvalue weighted by Gasteiger charge is 2.08. The summed E-state index contributed by atoms with van der Waals surface area (Å²) >= 11 is 0. The van der Waals surface area contributed by atoms with E-state index in [2.05, 4.69) is 10.5 Å². The van der Waals surface area contributed by atoms with E-state index in [4.69, 9.17) is 9.47 Å². The number of nitrogens with zero attached hydrogens (tertiary/aromatic N) is 1. The van der Waals surface area contributed by atoms with Gasteiger partial charge in [-0.25, -0.2) is 10.2 Å². The molecule has 0 aliphatic heterocycles. The summed E-state index contributed by atoms with van der Waals surface area (Å²) in [7, 11) is 0. The standard InChI is InChI=1S/C27H22N2O4/c1-19-6-4-9-22(16-19)27(31)33-23-14-12-20(13-15-23)17-28-29-26(30)18-32-25-11-5-8-21-7-2-3-10-24(21)25/h2-17H,18H2,1H3,(H,29,30)/b28-17+. The molecule has 0 heterocycles. The van der Waals surface area contributed by atoms with Crippen molar-refractivity contribution in [2.24, 2.45) is 5.10 Å². The summed E-state index contributed by atoms with van der Waals surface area (Å²) in [5, 5.41) is 5.94. The molecule has 4 aromatic rings. The fourth-order valence-corrected chi connectivity index (χ4v) is 3.24. The molecule has 0 fully saturated rings. The molecule has 164 valence electrons. The van der Waals surface area contributed by atoms with Crippen molar-refractivity contribution in [1.82, 2.24) is 5.43 Å². The van der Waals surface area contributed by atoms with E-state index in [1.54, 1.807) is 36.4 Å². The molecule has 0 aliphatic carbocycles. The van der Waals surface area contributed by atoms with Crippen molar-refractivity contribution >= 4 is 28.9 Å². The van der Waals surface area contributed by atoms with Crippen molar-refractivity contribution in [2.45, 2.75) is 6.92 Å². The number of carbonyl (C=O) groups excluding carboxylic acids is 2. The van der Waals surface area contributed by atoms with Crippen LogP contribution in [0.15, 0.2) is 96.1 Å². The predicted molar refractivity (Wildman–Crippen MR) is 128 cm³/mol. The number of rotatable bonds is 7. The normalized spacial score (nSPS) is 10.8. The third kappa shape index (κ3) is 5.83. The maximum absolute atomic E-state index is 12.2. The van der Waals surface area contributed by atoms with Gasteiger partial charge in [-0.05, 0) is 60.3 Å². The Morgan fingerprint density at radius 3 is 2.48 bits per heavy atom. The minimum atomic E-state index is -0.418. The van der Waals surface area contributed by atoms with Crippen LogP contribution in [-0.4, -0.2) is 24.7 Å². The van der Waals surface area contributed by atoms with E-state index in [9.17, 15) is 9.59 Å². The van der Waals surface area contributed by atoms with E-state index in [1.807, 2.05) is 61.5 Å². The Bertz CT molecular complexity index is 1310. The summed E-state index contributed by atoms with van der Waals surface area (Å²) in [5.41, 5.74) is 4.66. The number of hydrazone groups is 1. The molecule has 0 saturated heterocycles. The summed E-state index contributed by atoms with van der Waals surface area (Å²) < 4.78 is 11.0. The molecule has 4 rings (SSSR count). The first-order valence-corrected chi connectivity index (χ1v) is 10.4. The van der Waals surface area contributed by atoms with E-state index < -0.39 is 5.97 Å². The number of hydrogen-bond acceptors (Lipinski definition) is 5. The van der Waals surface area contributed by atoms with Crippen molar-refractivity contribution in [3.63, 3.8) is 0 Å². The molecule has 0 radical (unpaired) electrons. The van der Waals surface area contributed by atoms with E-state index in [-0.39, 0.29) is 12.5 Å². The van der Waals surface area contributed by atoms with Crippen molar-refractivity contribution in [3.8, 4) is 11.5 Å². The highest BCUT2D eigenvalue weighted by molar-refractivity contribution is 5.91. The smallest absolute Gasteiger partial charge is 0.343 e. The van der Waals surface area contributed by atoms with E-state index in [0.29, 0.717) is 17.1 Å². The predicted octanol–water partition coefficient (Wildman–Crippen LogP) is 4.90. The maximum Gasteiger partial charge on any atom is 0.343 e. The molecule has 1 amide bonds. The molecule has 0 atom stereocenters. The minimum absolute atomic E-state index is 0.154. The molecule has 0 aliphatic rings. The number of fused-ring (bicyclic) bond motifs is 1. The molecule has 0 aromatic heterocycles. The van der Waals surface area contributed by atoms with Gasteiger partial charge in [-0.1, -0.05) is 54.1 Å². The third-order valence-electron chi connectivity index (χ3n) is 4.86. The SMILES string of the molecule is Cc1cccc(C(=O)Oc2ccc(/C=N/NC(=O)COc3cccc4ccccc34)cc2)c1. The van der Waals surface area contributed by atoms with Crippen molar-refractivity contribution in [1.29, 1.82) is 0 Å². The number of amides is 1. The van der Waals surface area contributed by atoms with Crippen molar-refractivity contribution in [3.05, 3.63) is 108 Å². The quantitative estimate of drug-likeness (QED) is 0.193. The van der Waals surface area contributed by atoms with Crippen molar-refractivity contribution < 1.29 is 19.1 Å². The topological polar surface area (TPSA) is 77.0 Å². The molecule has 0 unspecified atom stereocenters. The van der Waals surface area contributed by atoms with Crippen LogP contribution in [0.1, 0.15) is 21.5 Å². The number of benzene rings is 4. The number of ether oxygens (including phenoxy) is 2. The summed E-state index contributed by atoms with van der Waals surface area (Å²) in [6.07, 6.45) is 1.50. The zero-order valence-electron chi connectivity index (χ0n) is 18.0. The Kier molecular flexibility index (Phi) is 6.75. The minimum Gasteiger partial charge on any atom is -0.483 e. The van der Waals surface area contributed by atoms with E-state index in [0.717, 1.165) is 21.9 Å². The first kappa shape index (κ1) is 21.8. The molecule has 33 heavy (non-hydrogen) atoms. The maximum atomic E-state index is 12.2. The average Bonchev–Trinajstić information content (AvgIpc) is 2.84. The second kappa shape index (κ2) is 10.2. The van der Waals surface area contributed by atoms with Crippen LogP contribution in [0.2, 0.25) is 0 Å². The lowest BCUT2D eigenvalue weighted by Crippen LogP contribution is -2.24. The molecule has 6 nitrogen and oxygen atoms in total. The number of hydrogen-bond donors (Lipinski definition) is 1. The van der Waals surface area contributed by atoms with Gasteiger partial charge < -0.3 is 9.47 Å². The number of nitrogens with one attached hydrogen (secondary N) is 1. The second-order valence-electron chi connectivity index (χ2n) is 7.39. The van der Waals surface area contributed by atoms with Gasteiger partial charge in [0.05, 0.1) is 11.8 Å². The monoisotopic (exact) mass is 438 g/mol. The summed E-state index contributed by atoms with van der Waals surface area (Å²) in [5.74, 6) is 0.274. The van der Waals surface area contributed by atoms with Crippen LogP contribution >= 0.6 is 0 Å². The van der Waals surface area contributed by atoms with Gasteiger partial charge in [0.15, 0.2) is 6.61 Å². The summed E-state index contributed by atoms with van der Waals surface area (Å²) in [4.78, 5) is 24.3. The Balaban J connectivity index is 1.27. The molecule has 0 saturated carbocycles. The third-order valence-corrected chi connectivity index (χ3v) is 4.86. The molecule has 0 spiro atoms. The molecule has 0 bridgehead atoms. The number of esters is 1. The summed E-state index contributed by atoms with van der Waals surface area (Å²) in [6.45, 7) is 1.76. The van der Waals surface area contributed by atoms with Gasteiger partial charge in [-0.15, -0.1) is 0 Å². The van der Waals surface area contributed by atoms with Gasteiger partial charge in [-0.3, -0.25) is 4.79 Å². The lowest BCUT2D eigenvalue weighted by atomic mass is 10.1. The Hall–Kier alpha value is -4.45. The van der Waals surface area contributed by atoms with Gasteiger partial charge in [-0.2, -0.15) is 5.10 Å².